The second kappa shape index (κ2) is 8.75. The molecule has 0 N–H and O–H groups in total. The summed E-state index contributed by atoms with van der Waals surface area (Å²) in [4.78, 5) is 26.7. The first-order chi connectivity index (χ1) is 11.9. The van der Waals surface area contributed by atoms with Gasteiger partial charge in [0.15, 0.2) is 12.2 Å². The first kappa shape index (κ1) is 19.1. The molecule has 2 rings (SSSR count). The van der Waals surface area contributed by atoms with Gasteiger partial charge < -0.3 is 14.2 Å². The highest BCUT2D eigenvalue weighted by molar-refractivity contribution is 7.99. The number of thioether (sulfide) groups is 1. The highest BCUT2D eigenvalue weighted by Gasteiger charge is 2.48. The maximum Gasteiger partial charge on any atom is 0.303 e. The third kappa shape index (κ3) is 5.12. The summed E-state index contributed by atoms with van der Waals surface area (Å²) in [5.74, 6) is -1.09. The fraction of sp³-hybridized carbons (Fsp3) is 0.500. The van der Waals surface area contributed by atoms with E-state index >= 15 is 0 Å². The Kier molecular flexibility index (Phi) is 6.69. The van der Waals surface area contributed by atoms with Crippen molar-refractivity contribution in [1.29, 1.82) is 0 Å². The van der Waals surface area contributed by atoms with Crippen LogP contribution in [0.25, 0.3) is 10.4 Å². The Morgan fingerprint density at radius 1 is 1.16 bits per heavy atom. The molecule has 0 amide bonds. The largest absolute Gasteiger partial charge is 0.458 e. The zero-order valence-electron chi connectivity index (χ0n) is 14.1. The van der Waals surface area contributed by atoms with E-state index in [1.54, 1.807) is 6.92 Å². The lowest BCUT2D eigenvalue weighted by molar-refractivity contribution is -0.198. The number of carbonyl (C=O) groups excluding carboxylic acids is 2. The van der Waals surface area contributed by atoms with Gasteiger partial charge in [0.1, 0.15) is 11.5 Å². The number of azide groups is 1. The first-order valence-corrected chi connectivity index (χ1v) is 8.56. The van der Waals surface area contributed by atoms with Gasteiger partial charge in [-0.3, -0.25) is 9.59 Å². The fourth-order valence-corrected chi connectivity index (χ4v) is 3.74. The number of hydrogen-bond acceptors (Lipinski definition) is 7. The van der Waals surface area contributed by atoms with E-state index in [9.17, 15) is 9.59 Å². The normalized spacial score (nSPS) is 28.5. The van der Waals surface area contributed by atoms with E-state index in [0.29, 0.717) is 0 Å². The summed E-state index contributed by atoms with van der Waals surface area (Å²) >= 11 is 1.35. The van der Waals surface area contributed by atoms with E-state index in [4.69, 9.17) is 19.7 Å². The highest BCUT2D eigenvalue weighted by Crippen LogP contribution is 2.37. The van der Waals surface area contributed by atoms with Crippen LogP contribution < -0.4 is 0 Å². The van der Waals surface area contributed by atoms with Gasteiger partial charge in [0, 0.05) is 23.7 Å². The number of hydrogen-bond donors (Lipinski definition) is 0. The van der Waals surface area contributed by atoms with E-state index in [0.717, 1.165) is 4.90 Å². The molecule has 1 aromatic rings. The van der Waals surface area contributed by atoms with Crippen molar-refractivity contribution in [3.63, 3.8) is 0 Å². The van der Waals surface area contributed by atoms with E-state index in [1.165, 1.54) is 25.6 Å². The standard InChI is InChI=1S/C16H19N3O5S/c1-9-14(23-10(2)20)15(24-11(3)21)13(18-19-17)16(22-9)25-12-7-5-4-6-8-12/h4-9,13-16H,1-3H3/t9-,13-,14+,15-,16?/m0/s1. The van der Waals surface area contributed by atoms with Crippen LogP contribution in [-0.4, -0.2) is 41.7 Å². The SMILES string of the molecule is CC(=O)O[C@@H]1[C@H](OC(C)=O)[C@H](C)OC(Sc2ccccc2)[C@H]1N=[N+]=[N-]. The molecule has 0 aliphatic carbocycles. The third-order valence-corrected chi connectivity index (χ3v) is 4.70. The van der Waals surface area contributed by atoms with Crippen LogP contribution in [0.1, 0.15) is 20.8 Å². The van der Waals surface area contributed by atoms with E-state index in [-0.39, 0.29) is 0 Å². The maximum absolute atomic E-state index is 11.5. The molecule has 1 heterocycles. The molecule has 134 valence electrons. The van der Waals surface area contributed by atoms with Crippen LogP contribution >= 0.6 is 11.8 Å². The number of rotatable bonds is 5. The van der Waals surface area contributed by atoms with Gasteiger partial charge >= 0.3 is 11.9 Å². The number of nitrogens with zero attached hydrogens (tertiary/aromatic N) is 3. The molecule has 1 saturated heterocycles. The monoisotopic (exact) mass is 365 g/mol. The molecule has 25 heavy (non-hydrogen) atoms. The van der Waals surface area contributed by atoms with Gasteiger partial charge in [-0.15, -0.1) is 0 Å². The molecule has 0 saturated carbocycles. The van der Waals surface area contributed by atoms with Crippen molar-refractivity contribution in [3.05, 3.63) is 40.8 Å². The Bertz CT molecular complexity index is 665. The average Bonchev–Trinajstić information content (AvgIpc) is 2.55. The number of ether oxygens (including phenoxy) is 3. The zero-order valence-corrected chi connectivity index (χ0v) is 14.9. The fourth-order valence-electron chi connectivity index (χ4n) is 2.58. The minimum absolute atomic E-state index is 0.536. The van der Waals surface area contributed by atoms with Crippen LogP contribution in [0.5, 0.6) is 0 Å². The summed E-state index contributed by atoms with van der Waals surface area (Å²) in [5, 5.41) is 3.75. The van der Waals surface area contributed by atoms with Crippen molar-refractivity contribution in [2.45, 2.75) is 55.5 Å². The van der Waals surface area contributed by atoms with E-state index < -0.39 is 41.7 Å². The van der Waals surface area contributed by atoms with Gasteiger partial charge in [0.25, 0.3) is 0 Å². The smallest absolute Gasteiger partial charge is 0.303 e. The molecule has 0 radical (unpaired) electrons. The van der Waals surface area contributed by atoms with Crippen LogP contribution in [0.4, 0.5) is 0 Å². The Hall–Kier alpha value is -2.22. The predicted octanol–water partition coefficient (Wildman–Crippen LogP) is 3.07. The summed E-state index contributed by atoms with van der Waals surface area (Å²) in [5.41, 5.74) is 8.34. The first-order valence-electron chi connectivity index (χ1n) is 7.68. The molecule has 5 atom stereocenters. The summed E-state index contributed by atoms with van der Waals surface area (Å²) in [6.07, 6.45) is -2.33. The molecule has 1 unspecified atom stereocenters. The molecule has 0 bridgehead atoms. The molecule has 0 aromatic heterocycles. The van der Waals surface area contributed by atoms with Gasteiger partial charge in [-0.1, -0.05) is 35.1 Å². The van der Waals surface area contributed by atoms with Crippen LogP contribution in [0.2, 0.25) is 0 Å². The van der Waals surface area contributed by atoms with Gasteiger partial charge in [-0.25, -0.2) is 0 Å². The van der Waals surface area contributed by atoms with Crippen molar-refractivity contribution in [3.8, 4) is 0 Å². The summed E-state index contributed by atoms with van der Waals surface area (Å²) in [6.45, 7) is 4.22. The average molecular weight is 365 g/mol. The molecule has 0 spiro atoms. The van der Waals surface area contributed by atoms with Crippen LogP contribution in [-0.2, 0) is 23.8 Å². The highest BCUT2D eigenvalue weighted by atomic mass is 32.2. The maximum atomic E-state index is 11.5. The van der Waals surface area contributed by atoms with Gasteiger partial charge in [0.2, 0.25) is 0 Å². The van der Waals surface area contributed by atoms with Gasteiger partial charge in [-0.2, -0.15) is 0 Å². The lowest BCUT2D eigenvalue weighted by Crippen LogP contribution is -2.57. The van der Waals surface area contributed by atoms with Crippen molar-refractivity contribution in [1.82, 2.24) is 0 Å². The summed E-state index contributed by atoms with van der Waals surface area (Å²) in [6, 6.07) is 8.58. The predicted molar refractivity (Wildman–Crippen MR) is 90.7 cm³/mol. The van der Waals surface area contributed by atoms with E-state index in [2.05, 4.69) is 10.0 Å². The Morgan fingerprint density at radius 2 is 1.76 bits per heavy atom. The quantitative estimate of drug-likeness (QED) is 0.343. The van der Waals surface area contributed by atoms with Crippen LogP contribution in [0.15, 0.2) is 40.3 Å². The van der Waals surface area contributed by atoms with Crippen LogP contribution in [0.3, 0.4) is 0 Å². The lowest BCUT2D eigenvalue weighted by atomic mass is 9.98. The minimum Gasteiger partial charge on any atom is -0.458 e. The Labute approximate surface area is 149 Å². The summed E-state index contributed by atoms with van der Waals surface area (Å²) < 4.78 is 16.5. The number of carbonyl (C=O) groups is 2. The van der Waals surface area contributed by atoms with Crippen molar-refractivity contribution in [2.75, 3.05) is 0 Å². The minimum atomic E-state index is -0.928. The second-order valence-corrected chi connectivity index (χ2v) is 6.66. The number of esters is 2. The molecule has 1 aliphatic heterocycles. The van der Waals surface area contributed by atoms with Gasteiger partial charge in [0.05, 0.1) is 6.10 Å². The number of benzene rings is 1. The molecule has 8 nitrogen and oxygen atoms in total. The van der Waals surface area contributed by atoms with Crippen molar-refractivity contribution >= 4 is 23.7 Å². The van der Waals surface area contributed by atoms with E-state index in [1.807, 2.05) is 30.3 Å². The molecule has 1 aliphatic rings. The zero-order chi connectivity index (χ0) is 18.4. The topological polar surface area (TPSA) is 111 Å². The summed E-state index contributed by atoms with van der Waals surface area (Å²) in [7, 11) is 0. The molecular formula is C16H19N3O5S. The van der Waals surface area contributed by atoms with Crippen LogP contribution in [0, 0.1) is 0 Å². The third-order valence-electron chi connectivity index (χ3n) is 3.54. The molecular weight excluding hydrogens is 346 g/mol. The van der Waals surface area contributed by atoms with Crippen molar-refractivity contribution in [2.24, 2.45) is 5.11 Å². The van der Waals surface area contributed by atoms with Crippen molar-refractivity contribution < 1.29 is 23.8 Å². The lowest BCUT2D eigenvalue weighted by Gasteiger charge is -2.42. The second-order valence-electron chi connectivity index (χ2n) is 5.48. The molecule has 1 fully saturated rings. The van der Waals surface area contributed by atoms with Gasteiger partial charge in [-0.05, 0) is 24.6 Å². The Balaban J connectivity index is 2.32. The Morgan fingerprint density at radius 3 is 2.32 bits per heavy atom. The molecule has 9 heteroatoms. The molecule has 1 aromatic carbocycles.